The monoisotopic (exact) mass is 362 g/mol. The molecular formula is C19H39ClO2Si. The highest BCUT2D eigenvalue weighted by atomic mass is 35.5. The standard InChI is InChI=1S/C19H39ClO2Si/c1-8-10-11-13-18(20)19(21-4)22-17(12-9-2)15-14-16(3)23(5,6)7/h17-19H,3,8-15H2,1-2,4-7H3. The molecular weight excluding hydrogens is 324 g/mol. The molecule has 0 fully saturated rings. The summed E-state index contributed by atoms with van der Waals surface area (Å²) in [7, 11) is 0.449. The van der Waals surface area contributed by atoms with Gasteiger partial charge in [0.1, 0.15) is 0 Å². The van der Waals surface area contributed by atoms with E-state index in [1.165, 1.54) is 18.0 Å². The van der Waals surface area contributed by atoms with Crippen LogP contribution in [0, 0.1) is 0 Å². The maximum atomic E-state index is 6.50. The van der Waals surface area contributed by atoms with Crippen molar-refractivity contribution in [3.63, 3.8) is 0 Å². The maximum Gasteiger partial charge on any atom is 0.173 e. The molecule has 0 aromatic rings. The van der Waals surface area contributed by atoms with Gasteiger partial charge in [-0.25, -0.2) is 0 Å². The maximum absolute atomic E-state index is 6.50. The first-order chi connectivity index (χ1) is 10.8. The van der Waals surface area contributed by atoms with E-state index in [1.54, 1.807) is 7.11 Å². The Bertz CT molecular complexity index is 315. The van der Waals surface area contributed by atoms with Crippen LogP contribution >= 0.6 is 11.6 Å². The molecule has 0 aromatic heterocycles. The average Bonchev–Trinajstić information content (AvgIpc) is 2.48. The van der Waals surface area contributed by atoms with Crippen LogP contribution in [0.15, 0.2) is 11.8 Å². The van der Waals surface area contributed by atoms with Crippen LogP contribution in [0.2, 0.25) is 19.6 Å². The van der Waals surface area contributed by atoms with Crippen LogP contribution in [0.1, 0.15) is 65.2 Å². The molecule has 2 nitrogen and oxygen atoms in total. The van der Waals surface area contributed by atoms with E-state index in [4.69, 9.17) is 21.1 Å². The van der Waals surface area contributed by atoms with Crippen LogP contribution < -0.4 is 0 Å². The molecule has 0 spiro atoms. The number of ether oxygens (including phenoxy) is 2. The second-order valence-corrected chi connectivity index (χ2v) is 13.3. The molecule has 4 heteroatoms. The summed E-state index contributed by atoms with van der Waals surface area (Å²) in [5.41, 5.74) is 0. The van der Waals surface area contributed by atoms with Crippen LogP contribution in [0.3, 0.4) is 0 Å². The summed E-state index contributed by atoms with van der Waals surface area (Å²) in [6.07, 6.45) is 8.67. The van der Waals surface area contributed by atoms with Crippen LogP contribution in [0.5, 0.6) is 0 Å². The summed E-state index contributed by atoms with van der Waals surface area (Å²) in [4.78, 5) is 0. The number of alkyl halides is 1. The lowest BCUT2D eigenvalue weighted by Crippen LogP contribution is -2.32. The van der Waals surface area contributed by atoms with E-state index in [9.17, 15) is 0 Å². The minimum absolute atomic E-state index is 0.0638. The Kier molecular flexibility index (Phi) is 12.6. The summed E-state index contributed by atoms with van der Waals surface area (Å²) >= 11 is 6.50. The third-order valence-electron chi connectivity index (χ3n) is 4.38. The summed E-state index contributed by atoms with van der Waals surface area (Å²) < 4.78 is 11.7. The van der Waals surface area contributed by atoms with E-state index in [1.807, 2.05) is 0 Å². The molecule has 0 saturated heterocycles. The van der Waals surface area contributed by atoms with E-state index in [2.05, 4.69) is 40.1 Å². The molecule has 23 heavy (non-hydrogen) atoms. The first-order valence-electron chi connectivity index (χ1n) is 9.26. The van der Waals surface area contributed by atoms with Gasteiger partial charge >= 0.3 is 0 Å². The van der Waals surface area contributed by atoms with Gasteiger partial charge in [-0.05, 0) is 25.7 Å². The first kappa shape index (κ1) is 23.2. The fraction of sp³-hybridized carbons (Fsp3) is 0.895. The van der Waals surface area contributed by atoms with E-state index < -0.39 is 8.07 Å². The lowest BCUT2D eigenvalue weighted by molar-refractivity contribution is -0.159. The highest BCUT2D eigenvalue weighted by Gasteiger charge is 2.24. The number of halogens is 1. The lowest BCUT2D eigenvalue weighted by atomic mass is 10.1. The molecule has 0 bridgehead atoms. The van der Waals surface area contributed by atoms with Crippen LogP contribution in [0.25, 0.3) is 0 Å². The van der Waals surface area contributed by atoms with Gasteiger partial charge in [0.25, 0.3) is 0 Å². The van der Waals surface area contributed by atoms with Gasteiger partial charge in [-0.1, -0.05) is 64.4 Å². The van der Waals surface area contributed by atoms with Crippen LogP contribution in [0.4, 0.5) is 0 Å². The molecule has 0 aliphatic heterocycles. The zero-order valence-electron chi connectivity index (χ0n) is 16.3. The Hall–Kier alpha value is 0.167. The molecule has 0 aliphatic rings. The minimum atomic E-state index is -1.25. The number of allylic oxidation sites excluding steroid dienone is 1. The smallest absolute Gasteiger partial charge is 0.173 e. The van der Waals surface area contributed by atoms with Crippen molar-refractivity contribution in [2.75, 3.05) is 7.11 Å². The average molecular weight is 363 g/mol. The molecule has 0 aliphatic carbocycles. The Morgan fingerprint density at radius 1 is 1.04 bits per heavy atom. The van der Waals surface area contributed by atoms with Gasteiger partial charge in [0.2, 0.25) is 0 Å². The Labute approximate surface area is 151 Å². The fourth-order valence-corrected chi connectivity index (χ4v) is 3.73. The predicted molar refractivity (Wildman–Crippen MR) is 106 cm³/mol. The Balaban J connectivity index is 4.48. The van der Waals surface area contributed by atoms with Gasteiger partial charge in [0, 0.05) is 7.11 Å². The van der Waals surface area contributed by atoms with Gasteiger partial charge in [-0.2, -0.15) is 0 Å². The number of unbranched alkanes of at least 4 members (excludes halogenated alkanes) is 2. The van der Waals surface area contributed by atoms with Crippen molar-refractivity contribution in [3.8, 4) is 0 Å². The van der Waals surface area contributed by atoms with Gasteiger partial charge in [0.15, 0.2) is 6.29 Å². The molecule has 3 unspecified atom stereocenters. The normalized spacial score (nSPS) is 16.1. The third-order valence-corrected chi connectivity index (χ3v) is 7.17. The molecule has 0 saturated carbocycles. The Morgan fingerprint density at radius 3 is 2.17 bits per heavy atom. The molecule has 0 radical (unpaired) electrons. The topological polar surface area (TPSA) is 18.5 Å². The highest BCUT2D eigenvalue weighted by Crippen LogP contribution is 2.24. The van der Waals surface area contributed by atoms with Crippen LogP contribution in [-0.4, -0.2) is 33.0 Å². The third kappa shape index (κ3) is 10.6. The van der Waals surface area contributed by atoms with Crippen molar-refractivity contribution in [1.29, 1.82) is 0 Å². The van der Waals surface area contributed by atoms with Gasteiger partial charge in [-0.15, -0.1) is 18.2 Å². The number of methoxy groups -OCH3 is 1. The SMILES string of the molecule is C=C(CCC(CCC)OC(OC)C(Cl)CCCCC)[Si](C)(C)C. The lowest BCUT2D eigenvalue weighted by Gasteiger charge is -2.28. The largest absolute Gasteiger partial charge is 0.354 e. The predicted octanol–water partition coefficient (Wildman–Crippen LogP) is 6.55. The molecule has 0 aromatic carbocycles. The zero-order valence-corrected chi connectivity index (χ0v) is 18.0. The Morgan fingerprint density at radius 2 is 1.70 bits per heavy atom. The van der Waals surface area contributed by atoms with Crippen molar-refractivity contribution in [2.24, 2.45) is 0 Å². The summed E-state index contributed by atoms with van der Waals surface area (Å²) in [6, 6.07) is 0. The van der Waals surface area contributed by atoms with Crippen molar-refractivity contribution < 1.29 is 9.47 Å². The van der Waals surface area contributed by atoms with E-state index in [0.29, 0.717) is 0 Å². The molecule has 3 atom stereocenters. The molecule has 0 heterocycles. The van der Waals surface area contributed by atoms with Crippen molar-refractivity contribution >= 4 is 19.7 Å². The molecule has 0 amide bonds. The quantitative estimate of drug-likeness (QED) is 0.151. The molecule has 138 valence electrons. The second kappa shape index (κ2) is 12.5. The van der Waals surface area contributed by atoms with Gasteiger partial charge < -0.3 is 9.47 Å². The van der Waals surface area contributed by atoms with Gasteiger partial charge in [0.05, 0.1) is 19.6 Å². The van der Waals surface area contributed by atoms with E-state index in [-0.39, 0.29) is 17.8 Å². The second-order valence-electron chi connectivity index (χ2n) is 7.55. The summed E-state index contributed by atoms with van der Waals surface area (Å²) in [5.74, 6) is 0. The summed E-state index contributed by atoms with van der Waals surface area (Å²) in [5, 5.41) is 1.35. The first-order valence-corrected chi connectivity index (χ1v) is 13.2. The molecule has 0 N–H and O–H groups in total. The summed E-state index contributed by atoms with van der Waals surface area (Å²) in [6.45, 7) is 15.8. The zero-order chi connectivity index (χ0) is 17.9. The number of hydrogen-bond acceptors (Lipinski definition) is 2. The van der Waals surface area contributed by atoms with E-state index in [0.717, 1.165) is 38.5 Å². The van der Waals surface area contributed by atoms with Crippen molar-refractivity contribution in [2.45, 2.75) is 103 Å². The van der Waals surface area contributed by atoms with Crippen molar-refractivity contribution in [3.05, 3.63) is 11.8 Å². The van der Waals surface area contributed by atoms with Crippen molar-refractivity contribution in [1.82, 2.24) is 0 Å². The van der Waals surface area contributed by atoms with E-state index >= 15 is 0 Å². The van der Waals surface area contributed by atoms with Gasteiger partial charge in [-0.3, -0.25) is 0 Å². The number of hydrogen-bond donors (Lipinski definition) is 0. The van der Waals surface area contributed by atoms with Crippen LogP contribution in [-0.2, 0) is 9.47 Å². The fourth-order valence-electron chi connectivity index (χ4n) is 2.52. The minimum Gasteiger partial charge on any atom is -0.354 e. The molecule has 0 rings (SSSR count). The number of rotatable bonds is 14. The highest BCUT2D eigenvalue weighted by molar-refractivity contribution is 6.82.